The number of amides is 1. The molecule has 0 aliphatic carbocycles. The van der Waals surface area contributed by atoms with E-state index in [1.54, 1.807) is 47.4 Å². The Morgan fingerprint density at radius 3 is 2.26 bits per heavy atom. The predicted molar refractivity (Wildman–Crippen MR) is 151 cm³/mol. The molecule has 6 nitrogen and oxygen atoms in total. The Bertz CT molecular complexity index is 1710. The topological polar surface area (TPSA) is 69.0 Å². The molecule has 4 aromatic carbocycles. The highest BCUT2D eigenvalue weighted by atomic mass is 35.5. The molecule has 0 saturated carbocycles. The van der Waals surface area contributed by atoms with Crippen LogP contribution in [0.25, 0.3) is 11.0 Å². The number of ether oxygens (including phenoxy) is 2. The van der Waals surface area contributed by atoms with E-state index in [0.717, 1.165) is 11.1 Å². The van der Waals surface area contributed by atoms with Crippen LogP contribution in [-0.4, -0.2) is 12.5 Å². The third kappa shape index (κ3) is 4.64. The summed E-state index contributed by atoms with van der Waals surface area (Å²) in [4.78, 5) is 29.2. The number of halogens is 1. The number of hydrogen-bond donors (Lipinski definition) is 0. The molecule has 1 aliphatic rings. The number of fused-ring (bicyclic) bond motifs is 2. The zero-order valence-corrected chi connectivity index (χ0v) is 21.9. The maximum atomic E-state index is 13.8. The highest BCUT2D eigenvalue weighted by molar-refractivity contribution is 6.31. The van der Waals surface area contributed by atoms with Gasteiger partial charge in [0.2, 0.25) is 5.76 Å². The Labute approximate surface area is 230 Å². The van der Waals surface area contributed by atoms with Gasteiger partial charge < -0.3 is 13.9 Å². The van der Waals surface area contributed by atoms with Gasteiger partial charge in [-0.05, 0) is 72.6 Å². The van der Waals surface area contributed by atoms with Crippen LogP contribution in [0.4, 0.5) is 5.69 Å². The largest absolute Gasteiger partial charge is 0.494 e. The number of carbonyl (C=O) groups is 1. The van der Waals surface area contributed by atoms with Crippen molar-refractivity contribution in [1.29, 1.82) is 0 Å². The fourth-order valence-corrected chi connectivity index (χ4v) is 5.06. The zero-order valence-electron chi connectivity index (χ0n) is 21.1. The maximum Gasteiger partial charge on any atom is 0.295 e. The summed E-state index contributed by atoms with van der Waals surface area (Å²) in [5, 5.41) is 0.745. The Hall–Kier alpha value is -4.55. The first-order valence-electron chi connectivity index (χ1n) is 12.6. The lowest BCUT2D eigenvalue weighted by atomic mass is 9.98. The molecule has 194 valence electrons. The van der Waals surface area contributed by atoms with Crippen molar-refractivity contribution < 1.29 is 18.7 Å². The van der Waals surface area contributed by atoms with Crippen molar-refractivity contribution in [2.75, 3.05) is 11.5 Å². The first-order valence-corrected chi connectivity index (χ1v) is 13.0. The highest BCUT2D eigenvalue weighted by Gasteiger charge is 2.43. The van der Waals surface area contributed by atoms with Crippen molar-refractivity contribution in [2.24, 2.45) is 0 Å². The van der Waals surface area contributed by atoms with Crippen molar-refractivity contribution in [3.05, 3.63) is 135 Å². The SMILES string of the molecule is CCOc1ccc(N2C(=O)c3oc4ccc(Cl)cc4c(=O)c3C2c2ccc(OCc3ccccc3)cc2)cc1. The number of anilines is 1. The van der Waals surface area contributed by atoms with Crippen LogP contribution in [0, 0.1) is 0 Å². The maximum absolute atomic E-state index is 13.8. The molecular formula is C32H24ClNO5. The van der Waals surface area contributed by atoms with Crippen molar-refractivity contribution in [2.45, 2.75) is 19.6 Å². The van der Waals surface area contributed by atoms with Gasteiger partial charge in [0.15, 0.2) is 5.43 Å². The van der Waals surface area contributed by atoms with Crippen LogP contribution in [0.3, 0.4) is 0 Å². The molecule has 1 aliphatic heterocycles. The second-order valence-corrected chi connectivity index (χ2v) is 9.60. The van der Waals surface area contributed by atoms with Gasteiger partial charge in [0.1, 0.15) is 23.7 Å². The molecule has 1 aromatic heterocycles. The zero-order chi connectivity index (χ0) is 26.9. The molecule has 0 saturated heterocycles. The lowest BCUT2D eigenvalue weighted by Gasteiger charge is -2.25. The van der Waals surface area contributed by atoms with E-state index in [1.807, 2.05) is 61.5 Å². The molecule has 1 unspecified atom stereocenters. The van der Waals surface area contributed by atoms with E-state index in [1.165, 1.54) is 0 Å². The minimum Gasteiger partial charge on any atom is -0.494 e. The van der Waals surface area contributed by atoms with Crippen molar-refractivity contribution >= 4 is 34.2 Å². The summed E-state index contributed by atoms with van der Waals surface area (Å²) >= 11 is 6.20. The molecule has 0 spiro atoms. The fourth-order valence-electron chi connectivity index (χ4n) is 4.88. The van der Waals surface area contributed by atoms with E-state index < -0.39 is 11.9 Å². The standard InChI is InChI=1S/C32H24ClNO5/c1-2-37-24-15-11-23(12-16-24)34-29(21-8-13-25(14-9-21)38-19-20-6-4-3-5-7-20)28-30(35)26-18-22(33)10-17-27(26)39-31(28)32(34)36/h3-18,29H,2,19H2,1H3. The van der Waals surface area contributed by atoms with Crippen LogP contribution >= 0.6 is 11.6 Å². The summed E-state index contributed by atoms with van der Waals surface area (Å²) in [6.07, 6.45) is 0. The lowest BCUT2D eigenvalue weighted by molar-refractivity contribution is 0.0971. The van der Waals surface area contributed by atoms with Crippen LogP contribution < -0.4 is 19.8 Å². The monoisotopic (exact) mass is 537 g/mol. The van der Waals surface area contributed by atoms with Gasteiger partial charge in [0.25, 0.3) is 5.91 Å². The van der Waals surface area contributed by atoms with Gasteiger partial charge in [-0.2, -0.15) is 0 Å². The first-order chi connectivity index (χ1) is 19.0. The summed E-state index contributed by atoms with van der Waals surface area (Å²) in [7, 11) is 0. The third-order valence-electron chi connectivity index (χ3n) is 6.70. The second-order valence-electron chi connectivity index (χ2n) is 9.16. The van der Waals surface area contributed by atoms with Gasteiger partial charge in [-0.25, -0.2) is 0 Å². The number of benzene rings is 4. The Kier molecular flexibility index (Phi) is 6.55. The number of nitrogens with zero attached hydrogens (tertiary/aromatic N) is 1. The number of rotatable bonds is 7. The number of carbonyl (C=O) groups excluding carboxylic acids is 1. The van der Waals surface area contributed by atoms with Gasteiger partial charge in [0, 0.05) is 10.7 Å². The van der Waals surface area contributed by atoms with Crippen molar-refractivity contribution in [1.82, 2.24) is 0 Å². The van der Waals surface area contributed by atoms with Crippen LogP contribution in [0.1, 0.15) is 40.2 Å². The quantitative estimate of drug-likeness (QED) is 0.220. The van der Waals surface area contributed by atoms with Crippen LogP contribution in [-0.2, 0) is 6.61 Å². The van der Waals surface area contributed by atoms with Gasteiger partial charge in [0.05, 0.1) is 23.6 Å². The molecule has 0 fully saturated rings. The van der Waals surface area contributed by atoms with E-state index in [9.17, 15) is 9.59 Å². The van der Waals surface area contributed by atoms with E-state index >= 15 is 0 Å². The molecule has 1 amide bonds. The second kappa shape index (κ2) is 10.3. The summed E-state index contributed by atoms with van der Waals surface area (Å²) in [6.45, 7) is 2.87. The number of hydrogen-bond acceptors (Lipinski definition) is 5. The summed E-state index contributed by atoms with van der Waals surface area (Å²) < 4.78 is 17.6. The van der Waals surface area contributed by atoms with E-state index in [-0.39, 0.29) is 16.8 Å². The molecule has 5 aromatic rings. The van der Waals surface area contributed by atoms with E-state index in [2.05, 4.69) is 0 Å². The van der Waals surface area contributed by atoms with Crippen LogP contribution in [0.2, 0.25) is 5.02 Å². The molecule has 0 radical (unpaired) electrons. The highest BCUT2D eigenvalue weighted by Crippen LogP contribution is 2.42. The molecule has 39 heavy (non-hydrogen) atoms. The van der Waals surface area contributed by atoms with Crippen molar-refractivity contribution in [3.8, 4) is 11.5 Å². The Balaban J connectivity index is 1.43. The molecule has 2 heterocycles. The fraction of sp³-hybridized carbons (Fsp3) is 0.125. The molecular weight excluding hydrogens is 514 g/mol. The van der Waals surface area contributed by atoms with Gasteiger partial charge in [-0.15, -0.1) is 0 Å². The smallest absolute Gasteiger partial charge is 0.295 e. The summed E-state index contributed by atoms with van der Waals surface area (Å²) in [5.74, 6) is 1.00. The van der Waals surface area contributed by atoms with Gasteiger partial charge in [-0.3, -0.25) is 14.5 Å². The third-order valence-corrected chi connectivity index (χ3v) is 6.94. The molecule has 0 bridgehead atoms. The molecule has 7 heteroatoms. The molecule has 0 N–H and O–H groups in total. The average Bonchev–Trinajstić information content (AvgIpc) is 3.26. The Morgan fingerprint density at radius 1 is 0.846 bits per heavy atom. The van der Waals surface area contributed by atoms with Gasteiger partial charge in [-0.1, -0.05) is 54.1 Å². The summed E-state index contributed by atoms with van der Waals surface area (Å²) in [6, 6.07) is 28.7. The average molecular weight is 538 g/mol. The molecule has 6 rings (SSSR count). The van der Waals surface area contributed by atoms with Crippen molar-refractivity contribution in [3.63, 3.8) is 0 Å². The van der Waals surface area contributed by atoms with Crippen LogP contribution in [0.15, 0.2) is 106 Å². The minimum atomic E-state index is -0.701. The van der Waals surface area contributed by atoms with Gasteiger partial charge >= 0.3 is 0 Å². The van der Waals surface area contributed by atoms with E-state index in [4.69, 9.17) is 25.5 Å². The van der Waals surface area contributed by atoms with Crippen LogP contribution in [0.5, 0.6) is 11.5 Å². The minimum absolute atomic E-state index is 0.0260. The molecule has 1 atom stereocenters. The predicted octanol–water partition coefficient (Wildman–Crippen LogP) is 7.17. The summed E-state index contributed by atoms with van der Waals surface area (Å²) in [5.41, 5.74) is 2.73. The first kappa shape index (κ1) is 24.8. The normalized spacial score (nSPS) is 14.5. The lowest BCUT2D eigenvalue weighted by Crippen LogP contribution is -2.29. The Morgan fingerprint density at radius 2 is 1.54 bits per heavy atom. The van der Waals surface area contributed by atoms with E-state index in [0.29, 0.717) is 46.4 Å².